The Morgan fingerprint density at radius 1 is 0.327 bits per heavy atom. The molecule has 11 aromatic rings. The first-order valence-electron chi connectivity index (χ1n) is 17.6. The highest BCUT2D eigenvalue weighted by Crippen LogP contribution is 2.51. The van der Waals surface area contributed by atoms with Crippen LogP contribution >= 0.6 is 22.7 Å². The molecule has 11 rings (SSSR count). The van der Waals surface area contributed by atoms with E-state index in [0.29, 0.717) is 0 Å². The number of anilines is 3. The van der Waals surface area contributed by atoms with Crippen molar-refractivity contribution in [2.75, 3.05) is 4.90 Å². The van der Waals surface area contributed by atoms with Gasteiger partial charge in [-0.05, 0) is 48.5 Å². The standard InChI is InChI=1S/C48H30N2S2/c1-7-23-39-31(15-1)32-16-2-8-24-40(32)49(39)41-25-9-3-17-33(41)34-18-4-10-26-42(34)50(43-27-13-21-37-35-19-5-11-29-45(35)51-47(37)43)44-28-14-22-38-36-20-6-12-30-46(36)52-48(38)44/h1-30H. The topological polar surface area (TPSA) is 8.17 Å². The maximum Gasteiger partial charge on any atom is 0.0641 e. The largest absolute Gasteiger partial charge is 0.309 e. The highest BCUT2D eigenvalue weighted by molar-refractivity contribution is 7.27. The Bertz CT molecular complexity index is 2990. The third kappa shape index (κ3) is 4.35. The molecule has 0 bridgehead atoms. The van der Waals surface area contributed by atoms with Gasteiger partial charge in [-0.25, -0.2) is 0 Å². The lowest BCUT2D eigenvalue weighted by molar-refractivity contribution is 1.18. The molecule has 244 valence electrons. The van der Waals surface area contributed by atoms with Crippen LogP contribution in [0.2, 0.25) is 0 Å². The molecule has 0 atom stereocenters. The van der Waals surface area contributed by atoms with Crippen LogP contribution in [-0.4, -0.2) is 4.57 Å². The summed E-state index contributed by atoms with van der Waals surface area (Å²) in [6.07, 6.45) is 0. The summed E-state index contributed by atoms with van der Waals surface area (Å²) in [5.41, 5.74) is 9.44. The summed E-state index contributed by atoms with van der Waals surface area (Å²) in [7, 11) is 0. The van der Waals surface area contributed by atoms with Gasteiger partial charge >= 0.3 is 0 Å². The molecule has 0 saturated carbocycles. The fraction of sp³-hybridized carbons (Fsp3) is 0. The average molecular weight is 699 g/mol. The van der Waals surface area contributed by atoms with Gasteiger partial charge in [0.2, 0.25) is 0 Å². The summed E-state index contributed by atoms with van der Waals surface area (Å²) in [5.74, 6) is 0. The summed E-state index contributed by atoms with van der Waals surface area (Å²) < 4.78 is 7.62. The van der Waals surface area contributed by atoms with E-state index in [1.54, 1.807) is 0 Å². The lowest BCUT2D eigenvalue weighted by atomic mass is 9.99. The van der Waals surface area contributed by atoms with Crippen molar-refractivity contribution in [1.82, 2.24) is 4.57 Å². The van der Waals surface area contributed by atoms with Crippen LogP contribution in [0.3, 0.4) is 0 Å². The molecule has 0 aliphatic carbocycles. The molecule has 8 aromatic carbocycles. The third-order valence-corrected chi connectivity index (χ3v) is 12.8. The van der Waals surface area contributed by atoms with E-state index in [-0.39, 0.29) is 0 Å². The lowest BCUT2D eigenvalue weighted by Crippen LogP contribution is -2.12. The second-order valence-electron chi connectivity index (χ2n) is 13.2. The molecule has 2 nitrogen and oxygen atoms in total. The van der Waals surface area contributed by atoms with E-state index in [4.69, 9.17) is 0 Å². The van der Waals surface area contributed by atoms with Gasteiger partial charge in [0, 0.05) is 52.8 Å². The second kappa shape index (κ2) is 11.7. The Morgan fingerprint density at radius 2 is 0.750 bits per heavy atom. The van der Waals surface area contributed by atoms with Crippen molar-refractivity contribution in [2.45, 2.75) is 0 Å². The highest BCUT2D eigenvalue weighted by Gasteiger charge is 2.25. The van der Waals surface area contributed by atoms with Crippen LogP contribution in [0.1, 0.15) is 0 Å². The quantitative estimate of drug-likeness (QED) is 0.174. The van der Waals surface area contributed by atoms with Crippen LogP contribution in [0.15, 0.2) is 182 Å². The minimum Gasteiger partial charge on any atom is -0.309 e. The minimum atomic E-state index is 1.14. The molecule has 0 spiro atoms. The maximum atomic E-state index is 2.54. The molecule has 0 radical (unpaired) electrons. The molecular formula is C48H30N2S2. The molecule has 3 heterocycles. The predicted molar refractivity (Wildman–Crippen MR) is 227 cm³/mol. The Morgan fingerprint density at radius 3 is 1.35 bits per heavy atom. The molecule has 3 aromatic heterocycles. The Labute approximate surface area is 308 Å². The molecule has 0 aliphatic rings. The Hall–Kier alpha value is -6.20. The van der Waals surface area contributed by atoms with Crippen molar-refractivity contribution in [3.63, 3.8) is 0 Å². The predicted octanol–water partition coefficient (Wildman–Crippen LogP) is 14.7. The summed E-state index contributed by atoms with van der Waals surface area (Å²) in [6, 6.07) is 66.6. The molecule has 0 fully saturated rings. The zero-order valence-corrected chi connectivity index (χ0v) is 29.7. The number of nitrogens with zero attached hydrogens (tertiary/aromatic N) is 2. The van der Waals surface area contributed by atoms with Crippen LogP contribution in [0.25, 0.3) is 79.0 Å². The van der Waals surface area contributed by atoms with E-state index >= 15 is 0 Å². The number of hydrogen-bond acceptors (Lipinski definition) is 3. The van der Waals surface area contributed by atoms with E-state index in [1.165, 1.54) is 84.7 Å². The van der Waals surface area contributed by atoms with E-state index in [2.05, 4.69) is 191 Å². The molecule has 0 amide bonds. The number of aromatic nitrogens is 1. The van der Waals surface area contributed by atoms with Gasteiger partial charge in [0.25, 0.3) is 0 Å². The monoisotopic (exact) mass is 698 g/mol. The van der Waals surface area contributed by atoms with E-state index in [9.17, 15) is 0 Å². The van der Waals surface area contributed by atoms with E-state index in [1.807, 2.05) is 22.7 Å². The van der Waals surface area contributed by atoms with Crippen LogP contribution in [0.4, 0.5) is 17.1 Å². The molecule has 52 heavy (non-hydrogen) atoms. The smallest absolute Gasteiger partial charge is 0.0641 e. The second-order valence-corrected chi connectivity index (χ2v) is 15.3. The Balaban J connectivity index is 1.23. The fourth-order valence-corrected chi connectivity index (χ4v) is 10.6. The van der Waals surface area contributed by atoms with Crippen molar-refractivity contribution in [2.24, 2.45) is 0 Å². The van der Waals surface area contributed by atoms with Crippen molar-refractivity contribution >= 4 is 102 Å². The van der Waals surface area contributed by atoms with Gasteiger partial charge in [0.15, 0.2) is 0 Å². The molecule has 0 N–H and O–H groups in total. The van der Waals surface area contributed by atoms with E-state index < -0.39 is 0 Å². The SMILES string of the molecule is c1ccc(N(c2cccc3c2sc2ccccc23)c2cccc3c2sc2ccccc23)c(-c2ccccc2-n2c3ccccc3c3ccccc32)c1. The lowest BCUT2D eigenvalue weighted by Gasteiger charge is -2.29. The van der Waals surface area contributed by atoms with Crippen molar-refractivity contribution in [3.8, 4) is 16.8 Å². The summed E-state index contributed by atoms with van der Waals surface area (Å²) in [6.45, 7) is 0. The number of para-hydroxylation sites is 4. The van der Waals surface area contributed by atoms with E-state index in [0.717, 1.165) is 11.4 Å². The van der Waals surface area contributed by atoms with Crippen molar-refractivity contribution < 1.29 is 0 Å². The first kappa shape index (κ1) is 29.5. The number of hydrogen-bond donors (Lipinski definition) is 0. The average Bonchev–Trinajstić information content (AvgIpc) is 3.89. The van der Waals surface area contributed by atoms with Gasteiger partial charge in [-0.2, -0.15) is 0 Å². The molecular weight excluding hydrogens is 669 g/mol. The summed E-state index contributed by atoms with van der Waals surface area (Å²) >= 11 is 3.76. The highest BCUT2D eigenvalue weighted by atomic mass is 32.1. The zero-order chi connectivity index (χ0) is 34.2. The normalized spacial score (nSPS) is 11.8. The number of fused-ring (bicyclic) bond motifs is 9. The van der Waals surface area contributed by atoms with Crippen LogP contribution < -0.4 is 4.90 Å². The van der Waals surface area contributed by atoms with Crippen molar-refractivity contribution in [1.29, 1.82) is 0 Å². The van der Waals surface area contributed by atoms with Crippen molar-refractivity contribution in [3.05, 3.63) is 182 Å². The number of rotatable bonds is 5. The van der Waals surface area contributed by atoms with Gasteiger partial charge in [0.1, 0.15) is 0 Å². The first-order chi connectivity index (χ1) is 25.8. The van der Waals surface area contributed by atoms with Gasteiger partial charge in [-0.3, -0.25) is 0 Å². The molecule has 4 heteroatoms. The van der Waals surface area contributed by atoms with Gasteiger partial charge in [-0.1, -0.05) is 133 Å². The number of benzene rings is 8. The van der Waals surface area contributed by atoms with Gasteiger partial charge in [0.05, 0.1) is 43.2 Å². The summed E-state index contributed by atoms with van der Waals surface area (Å²) in [4.78, 5) is 2.54. The third-order valence-electron chi connectivity index (χ3n) is 10.4. The maximum absolute atomic E-state index is 2.54. The Kier molecular flexibility index (Phi) is 6.63. The van der Waals surface area contributed by atoms with Crippen LogP contribution in [0.5, 0.6) is 0 Å². The summed E-state index contributed by atoms with van der Waals surface area (Å²) in [5, 5.41) is 7.69. The molecule has 0 saturated heterocycles. The first-order valence-corrected chi connectivity index (χ1v) is 19.2. The van der Waals surface area contributed by atoms with Crippen LogP contribution in [-0.2, 0) is 0 Å². The van der Waals surface area contributed by atoms with Gasteiger partial charge < -0.3 is 9.47 Å². The van der Waals surface area contributed by atoms with Gasteiger partial charge in [-0.15, -0.1) is 22.7 Å². The molecule has 0 aliphatic heterocycles. The molecule has 0 unspecified atom stereocenters. The minimum absolute atomic E-state index is 1.14. The van der Waals surface area contributed by atoms with Crippen LogP contribution in [0, 0.1) is 0 Å². The number of thiophene rings is 2. The zero-order valence-electron chi connectivity index (χ0n) is 28.0. The fourth-order valence-electron chi connectivity index (χ4n) is 8.18.